The molecule has 5 nitrogen and oxygen atoms in total. The van der Waals surface area contributed by atoms with Crippen molar-refractivity contribution in [1.29, 1.82) is 0 Å². The van der Waals surface area contributed by atoms with Crippen LogP contribution in [0.5, 0.6) is 0 Å². The topological polar surface area (TPSA) is 52.7 Å². The highest BCUT2D eigenvalue weighted by atomic mass is 16.2. The lowest BCUT2D eigenvalue weighted by atomic mass is 10.1. The van der Waals surface area contributed by atoms with E-state index < -0.39 is 0 Å². The third-order valence-electron chi connectivity index (χ3n) is 4.66. The summed E-state index contributed by atoms with van der Waals surface area (Å²) in [6, 6.07) is 15.7. The second-order valence-electron chi connectivity index (χ2n) is 6.14. The first kappa shape index (κ1) is 14.9. The minimum Gasteiger partial charge on any atom is -0.310 e. The molecule has 0 spiro atoms. The Kier molecular flexibility index (Phi) is 3.78. The van der Waals surface area contributed by atoms with E-state index in [1.165, 1.54) is 5.56 Å². The Balaban J connectivity index is 1.61. The van der Waals surface area contributed by atoms with Crippen LogP contribution in [0, 0.1) is 0 Å². The molecule has 0 unspecified atom stereocenters. The minimum absolute atomic E-state index is 0.0370. The number of benzene rings is 2. The molecule has 0 fully saturated rings. The number of carbonyl (C=O) groups is 2. The molecule has 2 aromatic carbocycles. The van der Waals surface area contributed by atoms with Crippen molar-refractivity contribution in [2.45, 2.75) is 13.0 Å². The Morgan fingerprint density at radius 2 is 1.67 bits per heavy atom. The van der Waals surface area contributed by atoms with Crippen LogP contribution in [0.3, 0.4) is 0 Å². The molecular formula is C19H19N3O2. The van der Waals surface area contributed by atoms with Gasteiger partial charge in [0.1, 0.15) is 6.54 Å². The highest BCUT2D eigenvalue weighted by Crippen LogP contribution is 2.28. The maximum atomic E-state index is 12.9. The van der Waals surface area contributed by atoms with Crippen LogP contribution in [-0.2, 0) is 22.6 Å². The van der Waals surface area contributed by atoms with Crippen molar-refractivity contribution in [3.63, 3.8) is 0 Å². The van der Waals surface area contributed by atoms with Crippen LogP contribution in [0.1, 0.15) is 11.1 Å². The first-order valence-electron chi connectivity index (χ1n) is 8.21. The van der Waals surface area contributed by atoms with Gasteiger partial charge in [0, 0.05) is 24.5 Å². The van der Waals surface area contributed by atoms with Gasteiger partial charge in [0.2, 0.25) is 11.8 Å². The van der Waals surface area contributed by atoms with Crippen molar-refractivity contribution in [3.8, 4) is 0 Å². The Labute approximate surface area is 140 Å². The second-order valence-corrected chi connectivity index (χ2v) is 6.14. The van der Waals surface area contributed by atoms with Crippen LogP contribution in [-0.4, -0.2) is 31.4 Å². The quantitative estimate of drug-likeness (QED) is 0.916. The standard InChI is InChI=1S/C19H19N3O2/c23-18-12-20-11-15-6-2-4-8-17(15)22(18)13-19(24)21-10-9-14-5-1-3-7-16(14)21/h1-8,20H,9-13H2. The minimum atomic E-state index is -0.0687. The fourth-order valence-corrected chi connectivity index (χ4v) is 3.45. The summed E-state index contributed by atoms with van der Waals surface area (Å²) < 4.78 is 0. The summed E-state index contributed by atoms with van der Waals surface area (Å²) in [5.74, 6) is -0.106. The number of hydrogen-bond acceptors (Lipinski definition) is 3. The van der Waals surface area contributed by atoms with Gasteiger partial charge in [-0.15, -0.1) is 0 Å². The molecule has 2 aliphatic heterocycles. The molecule has 24 heavy (non-hydrogen) atoms. The summed E-state index contributed by atoms with van der Waals surface area (Å²) in [5, 5.41) is 3.13. The number of amides is 2. The van der Waals surface area contributed by atoms with E-state index in [0.29, 0.717) is 13.1 Å². The third kappa shape index (κ3) is 2.57. The zero-order chi connectivity index (χ0) is 16.5. The van der Waals surface area contributed by atoms with Crippen molar-refractivity contribution in [3.05, 3.63) is 59.7 Å². The molecule has 2 aromatic rings. The van der Waals surface area contributed by atoms with Gasteiger partial charge >= 0.3 is 0 Å². The normalized spacial score (nSPS) is 16.6. The summed E-state index contributed by atoms with van der Waals surface area (Å²) in [6.07, 6.45) is 0.869. The molecule has 2 heterocycles. The monoisotopic (exact) mass is 321 g/mol. The Morgan fingerprint density at radius 1 is 0.958 bits per heavy atom. The Morgan fingerprint density at radius 3 is 2.50 bits per heavy atom. The Bertz CT molecular complexity index is 803. The van der Waals surface area contributed by atoms with E-state index in [9.17, 15) is 9.59 Å². The zero-order valence-corrected chi connectivity index (χ0v) is 13.4. The zero-order valence-electron chi connectivity index (χ0n) is 13.4. The molecule has 1 N–H and O–H groups in total. The van der Waals surface area contributed by atoms with Crippen LogP contribution in [0.4, 0.5) is 11.4 Å². The van der Waals surface area contributed by atoms with Gasteiger partial charge in [-0.3, -0.25) is 9.59 Å². The lowest BCUT2D eigenvalue weighted by molar-refractivity contribution is -0.122. The number of hydrogen-bond donors (Lipinski definition) is 1. The number of anilines is 2. The molecule has 0 saturated heterocycles. The molecule has 0 radical (unpaired) electrons. The van der Waals surface area contributed by atoms with Crippen molar-refractivity contribution in [2.24, 2.45) is 0 Å². The van der Waals surface area contributed by atoms with E-state index in [4.69, 9.17) is 0 Å². The Hall–Kier alpha value is -2.66. The van der Waals surface area contributed by atoms with Crippen LogP contribution in [0.25, 0.3) is 0 Å². The van der Waals surface area contributed by atoms with Gasteiger partial charge in [0.15, 0.2) is 0 Å². The SMILES string of the molecule is O=C(CN1C(=O)CNCc2ccccc21)N1CCc2ccccc21. The molecule has 0 saturated carbocycles. The van der Waals surface area contributed by atoms with E-state index >= 15 is 0 Å². The van der Waals surface area contributed by atoms with Gasteiger partial charge in [-0.25, -0.2) is 0 Å². The van der Waals surface area contributed by atoms with Crippen LogP contribution in [0.15, 0.2) is 48.5 Å². The van der Waals surface area contributed by atoms with Crippen LogP contribution in [0.2, 0.25) is 0 Å². The summed E-state index contributed by atoms with van der Waals surface area (Å²) >= 11 is 0. The lowest BCUT2D eigenvalue weighted by Crippen LogP contribution is -2.44. The molecular weight excluding hydrogens is 302 g/mol. The first-order chi connectivity index (χ1) is 11.7. The van der Waals surface area contributed by atoms with Gasteiger partial charge in [-0.05, 0) is 29.7 Å². The first-order valence-corrected chi connectivity index (χ1v) is 8.21. The van der Waals surface area contributed by atoms with Gasteiger partial charge in [0.05, 0.1) is 6.54 Å². The van der Waals surface area contributed by atoms with Crippen molar-refractivity contribution in [1.82, 2.24) is 5.32 Å². The summed E-state index contributed by atoms with van der Waals surface area (Å²) in [7, 11) is 0. The number of carbonyl (C=O) groups excluding carboxylic acids is 2. The molecule has 0 aliphatic carbocycles. The molecule has 0 atom stereocenters. The molecule has 122 valence electrons. The number of nitrogens with one attached hydrogen (secondary N) is 1. The summed E-state index contributed by atoms with van der Waals surface area (Å²) in [5.41, 5.74) is 4.03. The lowest BCUT2D eigenvalue weighted by Gasteiger charge is -2.25. The molecule has 2 aliphatic rings. The molecule has 5 heteroatoms. The highest BCUT2D eigenvalue weighted by Gasteiger charge is 2.29. The van der Waals surface area contributed by atoms with Crippen LogP contribution >= 0.6 is 0 Å². The average molecular weight is 321 g/mol. The number of rotatable bonds is 2. The third-order valence-corrected chi connectivity index (χ3v) is 4.66. The number of nitrogens with zero attached hydrogens (tertiary/aromatic N) is 2. The predicted octanol–water partition coefficient (Wildman–Crippen LogP) is 1.71. The fraction of sp³-hybridized carbons (Fsp3) is 0.263. The van der Waals surface area contributed by atoms with E-state index in [-0.39, 0.29) is 24.9 Å². The van der Waals surface area contributed by atoms with E-state index in [0.717, 1.165) is 23.4 Å². The maximum absolute atomic E-state index is 12.9. The molecule has 0 aromatic heterocycles. The van der Waals surface area contributed by atoms with E-state index in [1.807, 2.05) is 42.5 Å². The number of fused-ring (bicyclic) bond motifs is 2. The number of para-hydroxylation sites is 2. The van der Waals surface area contributed by atoms with Gasteiger partial charge in [-0.2, -0.15) is 0 Å². The smallest absolute Gasteiger partial charge is 0.247 e. The van der Waals surface area contributed by atoms with E-state index in [2.05, 4.69) is 11.4 Å². The van der Waals surface area contributed by atoms with Gasteiger partial charge < -0.3 is 15.1 Å². The van der Waals surface area contributed by atoms with Crippen molar-refractivity contribution >= 4 is 23.2 Å². The summed E-state index contributed by atoms with van der Waals surface area (Å²) in [4.78, 5) is 28.7. The van der Waals surface area contributed by atoms with Crippen molar-refractivity contribution in [2.75, 3.05) is 29.4 Å². The second kappa shape index (κ2) is 6.09. The summed E-state index contributed by atoms with van der Waals surface area (Å²) in [6.45, 7) is 1.64. The highest BCUT2D eigenvalue weighted by molar-refractivity contribution is 6.05. The van der Waals surface area contributed by atoms with Crippen molar-refractivity contribution < 1.29 is 9.59 Å². The predicted molar refractivity (Wildman–Crippen MR) is 93.0 cm³/mol. The van der Waals surface area contributed by atoms with E-state index in [1.54, 1.807) is 9.80 Å². The molecule has 4 rings (SSSR count). The fourth-order valence-electron chi connectivity index (χ4n) is 3.45. The molecule has 0 bridgehead atoms. The van der Waals surface area contributed by atoms with Crippen LogP contribution < -0.4 is 15.1 Å². The maximum Gasteiger partial charge on any atom is 0.247 e. The van der Waals surface area contributed by atoms with Gasteiger partial charge in [-0.1, -0.05) is 36.4 Å². The molecule has 2 amide bonds. The van der Waals surface area contributed by atoms with Gasteiger partial charge in [0.25, 0.3) is 0 Å². The largest absolute Gasteiger partial charge is 0.310 e. The average Bonchev–Trinajstić information content (AvgIpc) is 2.97.